The first kappa shape index (κ1) is 25.0. The minimum absolute atomic E-state index is 0.00884. The number of aromatic amines is 1. The molecule has 10 heteroatoms. The van der Waals surface area contributed by atoms with Crippen LogP contribution >= 0.6 is 0 Å². The molecule has 10 nitrogen and oxygen atoms in total. The van der Waals surface area contributed by atoms with Crippen molar-refractivity contribution >= 4 is 28.3 Å². The molecule has 1 amide bonds. The van der Waals surface area contributed by atoms with E-state index in [2.05, 4.69) is 20.2 Å². The van der Waals surface area contributed by atoms with Crippen LogP contribution in [0.1, 0.15) is 35.8 Å². The molecule has 0 spiro atoms. The lowest BCUT2D eigenvalue weighted by Gasteiger charge is -2.54. The number of imidazole rings is 1. The molecule has 4 N–H and O–H groups in total. The molecule has 3 aliphatic rings. The third-order valence-electron chi connectivity index (χ3n) is 8.92. The standard InChI is InChI=1S/C30H32N6O4/c37-28-9-3-7-25-19-13-20(17-34(25)28)29-22(15-18-14-21(36(39)40)10-11-26(18)35(29)16-19)30(38)31-12-4-8-27-32-23-5-1-2-6-24(23)33-27/h1-3,5-7,9-11,14,19-20,22,29,36,39H,4,8,12-13,15-17H2,(H,31,38)(H,32,33). The summed E-state index contributed by atoms with van der Waals surface area (Å²) in [5.41, 5.74) is 5.13. The van der Waals surface area contributed by atoms with Gasteiger partial charge in [0.2, 0.25) is 5.91 Å². The molecule has 206 valence electrons. The molecule has 5 unspecified atom stereocenters. The van der Waals surface area contributed by atoms with Gasteiger partial charge in [0.05, 0.1) is 17.0 Å². The van der Waals surface area contributed by atoms with E-state index in [0.29, 0.717) is 26.1 Å². The highest BCUT2D eigenvalue weighted by atomic mass is 16.8. The zero-order valence-electron chi connectivity index (χ0n) is 22.0. The number of hydrogen-bond donors (Lipinski definition) is 4. The fourth-order valence-electron chi connectivity index (χ4n) is 7.21. The number of aryl methyl sites for hydroxylation is 1. The van der Waals surface area contributed by atoms with Crippen molar-refractivity contribution in [2.75, 3.05) is 18.0 Å². The van der Waals surface area contributed by atoms with Crippen LogP contribution in [0.2, 0.25) is 0 Å². The minimum Gasteiger partial charge on any atom is -0.595 e. The first-order chi connectivity index (χ1) is 19.5. The number of pyridine rings is 1. The molecule has 0 saturated carbocycles. The van der Waals surface area contributed by atoms with Crippen molar-refractivity contribution in [2.24, 2.45) is 11.8 Å². The van der Waals surface area contributed by atoms with E-state index in [9.17, 15) is 20.0 Å². The van der Waals surface area contributed by atoms with Gasteiger partial charge in [0.15, 0.2) is 5.69 Å². The molecule has 1 saturated heterocycles. The number of carbonyl (C=O) groups is 1. The SMILES string of the molecule is O=C(NCCCc1nc2ccccc2[nH]1)C1Cc2cc([NH+]([O-])O)ccc2N2CC3CC(Cn4c3cccc4=O)C12. The molecular weight excluding hydrogens is 508 g/mol. The fraction of sp³-hybridized carbons (Fsp3) is 0.367. The van der Waals surface area contributed by atoms with Gasteiger partial charge in [-0.15, -0.1) is 0 Å². The molecule has 5 atom stereocenters. The van der Waals surface area contributed by atoms with Crippen LogP contribution in [0.4, 0.5) is 11.4 Å². The van der Waals surface area contributed by atoms with E-state index >= 15 is 0 Å². The maximum absolute atomic E-state index is 13.8. The van der Waals surface area contributed by atoms with E-state index in [-0.39, 0.29) is 40.9 Å². The number of carbonyl (C=O) groups excluding carboxylic acids is 1. The van der Waals surface area contributed by atoms with Crippen LogP contribution in [0.3, 0.4) is 0 Å². The van der Waals surface area contributed by atoms with Gasteiger partial charge in [-0.1, -0.05) is 18.2 Å². The smallest absolute Gasteiger partial charge is 0.250 e. The summed E-state index contributed by atoms with van der Waals surface area (Å²) in [6.45, 7) is 1.81. The molecule has 2 bridgehead atoms. The van der Waals surface area contributed by atoms with Gasteiger partial charge >= 0.3 is 0 Å². The van der Waals surface area contributed by atoms with Crippen LogP contribution in [0.5, 0.6) is 0 Å². The second-order valence-electron chi connectivity index (χ2n) is 11.3. The molecule has 40 heavy (non-hydrogen) atoms. The second kappa shape index (κ2) is 9.88. The third-order valence-corrected chi connectivity index (χ3v) is 8.92. The molecule has 4 aromatic rings. The van der Waals surface area contributed by atoms with Crippen molar-refractivity contribution in [3.8, 4) is 0 Å². The van der Waals surface area contributed by atoms with E-state index in [1.165, 1.54) is 0 Å². The summed E-state index contributed by atoms with van der Waals surface area (Å²) < 4.78 is 1.89. The van der Waals surface area contributed by atoms with E-state index in [1.54, 1.807) is 18.2 Å². The first-order valence-corrected chi connectivity index (χ1v) is 14.0. The molecule has 1 fully saturated rings. The number of anilines is 1. The number of rotatable bonds is 6. The van der Waals surface area contributed by atoms with Crippen LogP contribution in [-0.2, 0) is 24.2 Å². The average molecular weight is 541 g/mol. The molecule has 2 aromatic heterocycles. The second-order valence-corrected chi connectivity index (χ2v) is 11.3. The van der Waals surface area contributed by atoms with Crippen LogP contribution < -0.4 is 21.0 Å². The predicted molar refractivity (Wildman–Crippen MR) is 150 cm³/mol. The average Bonchev–Trinajstić information content (AvgIpc) is 3.38. The van der Waals surface area contributed by atoms with Gasteiger partial charge in [-0.3, -0.25) is 9.59 Å². The third kappa shape index (κ3) is 4.28. The Morgan fingerprint density at radius 1 is 1.15 bits per heavy atom. The van der Waals surface area contributed by atoms with Crippen molar-refractivity contribution in [2.45, 2.75) is 44.2 Å². The Morgan fingerprint density at radius 2 is 2.02 bits per heavy atom. The van der Waals surface area contributed by atoms with Crippen molar-refractivity contribution in [3.63, 3.8) is 0 Å². The number of benzene rings is 2. The van der Waals surface area contributed by atoms with Crippen molar-refractivity contribution in [1.82, 2.24) is 19.9 Å². The van der Waals surface area contributed by atoms with Crippen molar-refractivity contribution in [3.05, 3.63) is 93.3 Å². The number of hydrogen-bond acceptors (Lipinski definition) is 6. The van der Waals surface area contributed by atoms with Crippen molar-refractivity contribution < 1.29 is 15.2 Å². The molecular formula is C30H32N6O4. The van der Waals surface area contributed by atoms with Gasteiger partial charge < -0.3 is 25.0 Å². The summed E-state index contributed by atoms with van der Waals surface area (Å²) >= 11 is 0. The zero-order chi connectivity index (χ0) is 27.4. The number of nitrogens with zero attached hydrogens (tertiary/aromatic N) is 3. The van der Waals surface area contributed by atoms with Gasteiger partial charge in [-0.2, -0.15) is 5.23 Å². The van der Waals surface area contributed by atoms with Gasteiger partial charge in [0, 0.05) is 67.6 Å². The monoisotopic (exact) mass is 540 g/mol. The summed E-state index contributed by atoms with van der Waals surface area (Å²) in [6, 6.07) is 18.6. The first-order valence-electron chi connectivity index (χ1n) is 14.0. The molecule has 3 aliphatic heterocycles. The Balaban J connectivity index is 1.13. The van der Waals surface area contributed by atoms with E-state index in [1.807, 2.05) is 47.0 Å². The number of piperidine rings is 1. The van der Waals surface area contributed by atoms with Gasteiger partial charge in [0.1, 0.15) is 5.82 Å². The van der Waals surface area contributed by atoms with Crippen LogP contribution in [0, 0.1) is 17.0 Å². The number of amides is 1. The van der Waals surface area contributed by atoms with Gasteiger partial charge in [-0.05, 0) is 55.0 Å². The van der Waals surface area contributed by atoms with Crippen molar-refractivity contribution in [1.29, 1.82) is 0 Å². The molecule has 0 aliphatic carbocycles. The fourth-order valence-corrected chi connectivity index (χ4v) is 7.21. The molecule has 5 heterocycles. The number of nitrogens with one attached hydrogen (secondary N) is 3. The minimum atomic E-state index is -0.972. The number of quaternary nitrogens is 1. The molecule has 7 rings (SSSR count). The Hall–Kier alpha value is -3.99. The maximum Gasteiger partial charge on any atom is 0.250 e. The summed E-state index contributed by atoms with van der Waals surface area (Å²) in [4.78, 5) is 36.8. The van der Waals surface area contributed by atoms with Crippen LogP contribution in [0.25, 0.3) is 11.0 Å². The lowest BCUT2D eigenvalue weighted by atomic mass is 9.70. The molecule has 0 radical (unpaired) electrons. The molecule has 2 aromatic carbocycles. The van der Waals surface area contributed by atoms with Crippen LogP contribution in [0.15, 0.2) is 65.5 Å². The zero-order valence-corrected chi connectivity index (χ0v) is 22.0. The van der Waals surface area contributed by atoms with E-state index < -0.39 is 5.23 Å². The Bertz CT molecular complexity index is 1610. The highest BCUT2D eigenvalue weighted by Crippen LogP contribution is 2.47. The number of para-hydroxylation sites is 2. The number of fused-ring (bicyclic) bond motifs is 9. The van der Waals surface area contributed by atoms with Gasteiger partial charge in [0.25, 0.3) is 5.56 Å². The Kier molecular flexibility index (Phi) is 6.18. The number of H-pyrrole nitrogens is 1. The van der Waals surface area contributed by atoms with Crippen LogP contribution in [-0.4, -0.2) is 44.8 Å². The highest BCUT2D eigenvalue weighted by Gasteiger charge is 2.49. The number of aromatic nitrogens is 3. The van der Waals surface area contributed by atoms with E-state index in [4.69, 9.17) is 0 Å². The lowest BCUT2D eigenvalue weighted by Crippen LogP contribution is -2.99. The quantitative estimate of drug-likeness (QED) is 0.219. The summed E-state index contributed by atoms with van der Waals surface area (Å²) in [7, 11) is 0. The Labute approximate surface area is 230 Å². The largest absolute Gasteiger partial charge is 0.595 e. The topological polar surface area (TPSA) is 131 Å². The summed E-state index contributed by atoms with van der Waals surface area (Å²) in [6.07, 6.45) is 2.89. The Morgan fingerprint density at radius 3 is 2.88 bits per heavy atom. The highest BCUT2D eigenvalue weighted by molar-refractivity contribution is 5.82. The predicted octanol–water partition coefficient (Wildman–Crippen LogP) is 2.04. The normalized spacial score (nSPS) is 23.7. The van der Waals surface area contributed by atoms with E-state index in [0.717, 1.165) is 53.1 Å². The summed E-state index contributed by atoms with van der Waals surface area (Å²) in [5.74, 6) is 0.871. The summed E-state index contributed by atoms with van der Waals surface area (Å²) in [5, 5.41) is 23.5. The van der Waals surface area contributed by atoms with Gasteiger partial charge in [-0.25, -0.2) is 10.2 Å². The maximum atomic E-state index is 13.8. The lowest BCUT2D eigenvalue weighted by molar-refractivity contribution is -0.991.